The van der Waals surface area contributed by atoms with Crippen molar-refractivity contribution in [3.05, 3.63) is 0 Å². The number of piperidine rings is 1. The molecule has 1 saturated heterocycles. The Bertz CT molecular complexity index is 284. The molecule has 19 heavy (non-hydrogen) atoms. The fraction of sp³-hybridized carbons (Fsp3) is 0.933. The number of ether oxygens (including phenoxy) is 1. The van der Waals surface area contributed by atoms with Gasteiger partial charge in [-0.3, -0.25) is 9.69 Å². The molecule has 0 aliphatic carbocycles. The average molecular weight is 270 g/mol. The van der Waals surface area contributed by atoms with E-state index in [1.54, 1.807) is 0 Å². The van der Waals surface area contributed by atoms with Crippen LogP contribution in [0.5, 0.6) is 0 Å². The SMILES string of the molecule is CC(C)OC(=O)CN1CCCC(CNC(C)(C)C)C1. The van der Waals surface area contributed by atoms with E-state index in [1.165, 1.54) is 12.8 Å². The van der Waals surface area contributed by atoms with Crippen LogP contribution in [0.4, 0.5) is 0 Å². The lowest BCUT2D eigenvalue weighted by atomic mass is 9.96. The summed E-state index contributed by atoms with van der Waals surface area (Å²) in [4.78, 5) is 13.9. The van der Waals surface area contributed by atoms with Crippen molar-refractivity contribution in [2.24, 2.45) is 5.92 Å². The van der Waals surface area contributed by atoms with Crippen molar-refractivity contribution in [3.63, 3.8) is 0 Å². The smallest absolute Gasteiger partial charge is 0.320 e. The summed E-state index contributed by atoms with van der Waals surface area (Å²) in [7, 11) is 0. The Hall–Kier alpha value is -0.610. The number of likely N-dealkylation sites (tertiary alicyclic amines) is 1. The minimum atomic E-state index is -0.0977. The highest BCUT2D eigenvalue weighted by molar-refractivity contribution is 5.71. The molecule has 0 aromatic carbocycles. The van der Waals surface area contributed by atoms with E-state index >= 15 is 0 Å². The highest BCUT2D eigenvalue weighted by Gasteiger charge is 2.23. The lowest BCUT2D eigenvalue weighted by Crippen LogP contribution is -2.46. The van der Waals surface area contributed by atoms with Crippen LogP contribution in [0.3, 0.4) is 0 Å². The monoisotopic (exact) mass is 270 g/mol. The molecule has 0 spiro atoms. The molecular weight excluding hydrogens is 240 g/mol. The Morgan fingerprint density at radius 3 is 2.68 bits per heavy atom. The zero-order valence-electron chi connectivity index (χ0n) is 13.2. The molecule has 0 aromatic rings. The Morgan fingerprint density at radius 1 is 1.42 bits per heavy atom. The van der Waals surface area contributed by atoms with Gasteiger partial charge in [0.2, 0.25) is 0 Å². The third kappa shape index (κ3) is 7.53. The maximum atomic E-state index is 11.7. The number of nitrogens with one attached hydrogen (secondary N) is 1. The van der Waals surface area contributed by atoms with E-state index in [0.29, 0.717) is 12.5 Å². The number of nitrogens with zero attached hydrogens (tertiary/aromatic N) is 1. The normalized spacial score (nSPS) is 21.7. The van der Waals surface area contributed by atoms with Crippen molar-refractivity contribution >= 4 is 5.97 Å². The molecule has 0 amide bonds. The first-order chi connectivity index (χ1) is 8.76. The molecule has 1 rings (SSSR count). The predicted molar refractivity (Wildman–Crippen MR) is 78.1 cm³/mol. The molecule has 1 aliphatic rings. The molecule has 1 unspecified atom stereocenters. The van der Waals surface area contributed by atoms with Crippen LogP contribution in [0, 0.1) is 5.92 Å². The second-order valence-electron chi connectivity index (χ2n) is 6.91. The van der Waals surface area contributed by atoms with E-state index in [2.05, 4.69) is 31.0 Å². The zero-order valence-corrected chi connectivity index (χ0v) is 13.2. The summed E-state index contributed by atoms with van der Waals surface area (Å²) < 4.78 is 5.21. The van der Waals surface area contributed by atoms with Gasteiger partial charge in [0.25, 0.3) is 0 Å². The van der Waals surface area contributed by atoms with Crippen molar-refractivity contribution in [2.45, 2.75) is 59.1 Å². The van der Waals surface area contributed by atoms with Gasteiger partial charge in [-0.2, -0.15) is 0 Å². The quantitative estimate of drug-likeness (QED) is 0.776. The Balaban J connectivity index is 2.31. The summed E-state index contributed by atoms with van der Waals surface area (Å²) in [6, 6.07) is 0. The molecule has 1 atom stereocenters. The van der Waals surface area contributed by atoms with Crippen LogP contribution in [0.1, 0.15) is 47.5 Å². The van der Waals surface area contributed by atoms with Gasteiger partial charge in [0.05, 0.1) is 12.6 Å². The lowest BCUT2D eigenvalue weighted by Gasteiger charge is -2.34. The Labute approximate surface area is 117 Å². The fourth-order valence-electron chi connectivity index (χ4n) is 2.39. The minimum Gasteiger partial charge on any atom is -0.462 e. The van der Waals surface area contributed by atoms with Gasteiger partial charge in [0.15, 0.2) is 0 Å². The number of hydrogen-bond acceptors (Lipinski definition) is 4. The van der Waals surface area contributed by atoms with E-state index in [9.17, 15) is 4.79 Å². The summed E-state index contributed by atoms with van der Waals surface area (Å²) in [5.74, 6) is 0.541. The predicted octanol–water partition coefficient (Wildman–Crippen LogP) is 2.04. The van der Waals surface area contributed by atoms with E-state index in [-0.39, 0.29) is 17.6 Å². The second kappa shape index (κ2) is 7.25. The molecule has 1 aliphatic heterocycles. The third-order valence-electron chi connectivity index (χ3n) is 3.24. The van der Waals surface area contributed by atoms with Crippen LogP contribution < -0.4 is 5.32 Å². The first-order valence-electron chi connectivity index (χ1n) is 7.43. The molecule has 1 N–H and O–H groups in total. The molecule has 0 radical (unpaired) electrons. The number of rotatable bonds is 5. The zero-order chi connectivity index (χ0) is 14.5. The second-order valence-corrected chi connectivity index (χ2v) is 6.91. The lowest BCUT2D eigenvalue weighted by molar-refractivity contribution is -0.149. The molecule has 1 heterocycles. The van der Waals surface area contributed by atoms with Crippen molar-refractivity contribution in [1.82, 2.24) is 10.2 Å². The van der Waals surface area contributed by atoms with Gasteiger partial charge >= 0.3 is 5.97 Å². The molecule has 4 heteroatoms. The maximum Gasteiger partial charge on any atom is 0.320 e. The van der Waals surface area contributed by atoms with Crippen molar-refractivity contribution in [2.75, 3.05) is 26.2 Å². The van der Waals surface area contributed by atoms with Gasteiger partial charge in [0.1, 0.15) is 0 Å². The minimum absolute atomic E-state index is 0.0179. The van der Waals surface area contributed by atoms with Crippen LogP contribution in [-0.2, 0) is 9.53 Å². The molecular formula is C15H30N2O2. The molecule has 4 nitrogen and oxygen atoms in total. The molecule has 112 valence electrons. The van der Waals surface area contributed by atoms with Crippen molar-refractivity contribution < 1.29 is 9.53 Å². The maximum absolute atomic E-state index is 11.7. The molecule has 0 aromatic heterocycles. The van der Waals surface area contributed by atoms with E-state index in [0.717, 1.165) is 19.6 Å². The highest BCUT2D eigenvalue weighted by Crippen LogP contribution is 2.16. The molecule has 1 fully saturated rings. The van der Waals surface area contributed by atoms with Crippen molar-refractivity contribution in [1.29, 1.82) is 0 Å². The van der Waals surface area contributed by atoms with E-state index in [4.69, 9.17) is 4.74 Å². The van der Waals surface area contributed by atoms with Crippen LogP contribution in [0.2, 0.25) is 0 Å². The number of esters is 1. The van der Waals surface area contributed by atoms with E-state index < -0.39 is 0 Å². The van der Waals surface area contributed by atoms with Gasteiger partial charge in [-0.25, -0.2) is 0 Å². The molecule has 0 saturated carbocycles. The number of carbonyl (C=O) groups excluding carboxylic acids is 1. The first-order valence-corrected chi connectivity index (χ1v) is 7.43. The van der Waals surface area contributed by atoms with Crippen LogP contribution in [0.15, 0.2) is 0 Å². The largest absolute Gasteiger partial charge is 0.462 e. The third-order valence-corrected chi connectivity index (χ3v) is 3.24. The fourth-order valence-corrected chi connectivity index (χ4v) is 2.39. The van der Waals surface area contributed by atoms with Gasteiger partial charge in [-0.15, -0.1) is 0 Å². The summed E-state index contributed by atoms with van der Waals surface area (Å²) in [6.07, 6.45) is 2.40. The summed E-state index contributed by atoms with van der Waals surface area (Å²) in [5, 5.41) is 3.55. The van der Waals surface area contributed by atoms with Gasteiger partial charge in [-0.05, 0) is 66.5 Å². The van der Waals surface area contributed by atoms with Gasteiger partial charge < -0.3 is 10.1 Å². The Kier molecular flexibility index (Phi) is 6.27. The highest BCUT2D eigenvalue weighted by atomic mass is 16.5. The Morgan fingerprint density at radius 2 is 2.11 bits per heavy atom. The van der Waals surface area contributed by atoms with Crippen LogP contribution >= 0.6 is 0 Å². The summed E-state index contributed by atoms with van der Waals surface area (Å²) >= 11 is 0. The average Bonchev–Trinajstić information content (AvgIpc) is 2.24. The van der Waals surface area contributed by atoms with E-state index in [1.807, 2.05) is 13.8 Å². The number of carbonyl (C=O) groups is 1. The summed E-state index contributed by atoms with van der Waals surface area (Å²) in [5.41, 5.74) is 0.166. The van der Waals surface area contributed by atoms with Crippen molar-refractivity contribution in [3.8, 4) is 0 Å². The van der Waals surface area contributed by atoms with Gasteiger partial charge in [-0.1, -0.05) is 0 Å². The first kappa shape index (κ1) is 16.4. The van der Waals surface area contributed by atoms with Crippen LogP contribution in [0.25, 0.3) is 0 Å². The van der Waals surface area contributed by atoms with Crippen LogP contribution in [-0.4, -0.2) is 48.7 Å². The molecule has 0 bridgehead atoms. The topological polar surface area (TPSA) is 41.6 Å². The summed E-state index contributed by atoms with van der Waals surface area (Å²) in [6.45, 7) is 13.8. The standard InChI is InChI=1S/C15H30N2O2/c1-12(2)19-14(18)11-17-8-6-7-13(10-17)9-16-15(3,4)5/h12-13,16H,6-11H2,1-5H3. The number of hydrogen-bond donors (Lipinski definition) is 1. The van der Waals surface area contributed by atoms with Gasteiger partial charge in [0, 0.05) is 12.1 Å².